The Morgan fingerprint density at radius 2 is 1.43 bits per heavy atom. The van der Waals surface area contributed by atoms with E-state index in [1.165, 1.54) is 25.7 Å². The maximum atomic E-state index is 11.8. The summed E-state index contributed by atoms with van der Waals surface area (Å²) >= 11 is 0. The highest BCUT2D eigenvalue weighted by Gasteiger charge is 2.20. The van der Waals surface area contributed by atoms with Crippen molar-refractivity contribution >= 4 is 18.6 Å². The van der Waals surface area contributed by atoms with Gasteiger partial charge in [-0.1, -0.05) is 81.8 Å². The third-order valence-electron chi connectivity index (χ3n) is 4.72. The summed E-state index contributed by atoms with van der Waals surface area (Å²) in [6.07, 6.45) is 7.87. The van der Waals surface area contributed by atoms with Crippen molar-refractivity contribution in [2.45, 2.75) is 51.9 Å². The molecule has 0 saturated heterocycles. The van der Waals surface area contributed by atoms with Crippen molar-refractivity contribution in [3.63, 3.8) is 0 Å². The van der Waals surface area contributed by atoms with E-state index < -0.39 is 7.82 Å². The quantitative estimate of drug-likeness (QED) is 0.237. The molecule has 0 saturated carbocycles. The third-order valence-corrected chi connectivity index (χ3v) is 5.74. The van der Waals surface area contributed by atoms with Crippen LogP contribution in [0.2, 0.25) is 0 Å². The fourth-order valence-corrected chi connectivity index (χ4v) is 3.86. The van der Waals surface area contributed by atoms with Crippen molar-refractivity contribution in [1.29, 1.82) is 0 Å². The number of rotatable bonds is 17. The molecule has 0 aliphatic rings. The molecule has 2 aromatic carbocycles. The summed E-state index contributed by atoms with van der Waals surface area (Å²) in [5.74, 6) is 0.812. The minimum atomic E-state index is -4.00. The molecule has 0 radical (unpaired) electrons. The fraction of sp³-hybridized carbons (Fsp3) is 0.565. The maximum absolute atomic E-state index is 11.8. The van der Waals surface area contributed by atoms with Gasteiger partial charge in [0.15, 0.2) is 0 Å². The summed E-state index contributed by atoms with van der Waals surface area (Å²) in [5, 5.41) is 2.18. The minimum absolute atomic E-state index is 0.000929. The van der Waals surface area contributed by atoms with E-state index in [2.05, 4.69) is 6.92 Å². The van der Waals surface area contributed by atoms with Gasteiger partial charge in [0.2, 0.25) is 0 Å². The van der Waals surface area contributed by atoms with Crippen LogP contribution < -0.4 is 4.74 Å². The van der Waals surface area contributed by atoms with Gasteiger partial charge in [0.05, 0.1) is 26.4 Å². The molecule has 7 heteroatoms. The van der Waals surface area contributed by atoms with Crippen LogP contribution >= 0.6 is 7.82 Å². The summed E-state index contributed by atoms with van der Waals surface area (Å²) < 4.78 is 32.9. The first-order valence-electron chi connectivity index (χ1n) is 10.9. The van der Waals surface area contributed by atoms with Gasteiger partial charge in [-0.25, -0.2) is 4.57 Å². The molecular weight excluding hydrogens is 403 g/mol. The summed E-state index contributed by atoms with van der Waals surface area (Å²) in [5.41, 5.74) is 0. The van der Waals surface area contributed by atoms with Crippen LogP contribution in [-0.2, 0) is 18.3 Å². The standard InChI is InChI=1S/C23H35O6P/c1-2-3-4-5-6-7-10-16-28-30(24,25)29-20-18-26-17-19-27-23-15-11-13-21-12-8-9-14-22(21)23/h8-9,11-15H,2-7,10,16-20H2,1H3,(H,24,25). The average molecular weight is 439 g/mol. The van der Waals surface area contributed by atoms with Crippen LogP contribution in [0.3, 0.4) is 0 Å². The molecule has 0 amide bonds. The van der Waals surface area contributed by atoms with Crippen LogP contribution in [0.5, 0.6) is 5.75 Å². The Balaban J connectivity index is 1.49. The Hall–Kier alpha value is -1.43. The molecule has 0 spiro atoms. The van der Waals surface area contributed by atoms with Crippen LogP contribution in [0.1, 0.15) is 51.9 Å². The van der Waals surface area contributed by atoms with Gasteiger partial charge in [-0.15, -0.1) is 0 Å². The minimum Gasteiger partial charge on any atom is -0.491 e. The molecule has 0 aromatic heterocycles. The third kappa shape index (κ3) is 10.1. The predicted molar refractivity (Wildman–Crippen MR) is 120 cm³/mol. The Morgan fingerprint density at radius 1 is 0.767 bits per heavy atom. The van der Waals surface area contributed by atoms with Crippen LogP contribution in [0.4, 0.5) is 0 Å². The molecule has 0 aliphatic heterocycles. The summed E-state index contributed by atoms with van der Waals surface area (Å²) in [7, 11) is -4.00. The van der Waals surface area contributed by atoms with Gasteiger partial charge in [0.25, 0.3) is 0 Å². The second-order valence-corrected chi connectivity index (χ2v) is 8.65. The number of phosphoric acid groups is 1. The van der Waals surface area contributed by atoms with Crippen molar-refractivity contribution in [2.75, 3.05) is 33.0 Å². The van der Waals surface area contributed by atoms with Crippen molar-refractivity contribution in [1.82, 2.24) is 0 Å². The zero-order chi connectivity index (χ0) is 21.5. The van der Waals surface area contributed by atoms with Gasteiger partial charge in [-0.3, -0.25) is 9.05 Å². The van der Waals surface area contributed by atoms with E-state index in [-0.39, 0.29) is 19.8 Å². The lowest BCUT2D eigenvalue weighted by Gasteiger charge is -2.13. The predicted octanol–water partition coefficient (Wildman–Crippen LogP) is 6.12. The molecule has 1 N–H and O–H groups in total. The molecule has 0 bridgehead atoms. The molecule has 1 atom stereocenters. The van der Waals surface area contributed by atoms with E-state index in [1.54, 1.807) is 0 Å². The SMILES string of the molecule is CCCCCCCCCOP(=O)(O)OCCOCCOc1cccc2ccccc12. The summed E-state index contributed by atoms with van der Waals surface area (Å²) in [4.78, 5) is 9.67. The zero-order valence-electron chi connectivity index (χ0n) is 18.0. The van der Waals surface area contributed by atoms with Gasteiger partial charge in [0, 0.05) is 5.39 Å². The van der Waals surface area contributed by atoms with Crippen LogP contribution in [-0.4, -0.2) is 37.9 Å². The number of unbranched alkanes of at least 4 members (excludes halogenated alkanes) is 6. The Labute approximate surface area is 180 Å². The van der Waals surface area contributed by atoms with E-state index in [9.17, 15) is 9.46 Å². The smallest absolute Gasteiger partial charge is 0.472 e. The van der Waals surface area contributed by atoms with E-state index >= 15 is 0 Å². The topological polar surface area (TPSA) is 74.2 Å². The second kappa shape index (κ2) is 14.6. The van der Waals surface area contributed by atoms with Crippen LogP contribution in [0.25, 0.3) is 10.8 Å². The van der Waals surface area contributed by atoms with E-state index in [1.807, 2.05) is 42.5 Å². The van der Waals surface area contributed by atoms with E-state index in [0.29, 0.717) is 13.2 Å². The highest BCUT2D eigenvalue weighted by atomic mass is 31.2. The number of hydrogen-bond acceptors (Lipinski definition) is 5. The lowest BCUT2D eigenvalue weighted by molar-refractivity contribution is 0.0610. The number of fused-ring (bicyclic) bond motifs is 1. The molecule has 1 unspecified atom stereocenters. The highest BCUT2D eigenvalue weighted by molar-refractivity contribution is 7.47. The molecule has 0 aliphatic carbocycles. The van der Waals surface area contributed by atoms with Crippen LogP contribution in [0, 0.1) is 0 Å². The van der Waals surface area contributed by atoms with Gasteiger partial charge < -0.3 is 14.4 Å². The number of ether oxygens (including phenoxy) is 2. The number of phosphoric ester groups is 1. The van der Waals surface area contributed by atoms with Crippen molar-refractivity contribution in [3.05, 3.63) is 42.5 Å². The van der Waals surface area contributed by atoms with Gasteiger partial charge in [0.1, 0.15) is 12.4 Å². The lowest BCUT2D eigenvalue weighted by atomic mass is 10.1. The molecular formula is C23H35O6P. The average Bonchev–Trinajstić information content (AvgIpc) is 2.75. The first-order valence-corrected chi connectivity index (χ1v) is 12.4. The normalized spacial score (nSPS) is 13.4. The first kappa shape index (κ1) is 24.8. The number of benzene rings is 2. The largest absolute Gasteiger partial charge is 0.491 e. The highest BCUT2D eigenvalue weighted by Crippen LogP contribution is 2.43. The molecule has 30 heavy (non-hydrogen) atoms. The van der Waals surface area contributed by atoms with E-state index in [0.717, 1.165) is 35.8 Å². The lowest BCUT2D eigenvalue weighted by Crippen LogP contribution is -2.11. The van der Waals surface area contributed by atoms with Crippen molar-refractivity contribution in [3.8, 4) is 5.75 Å². The molecule has 2 rings (SSSR count). The molecule has 2 aromatic rings. The Morgan fingerprint density at radius 3 is 2.27 bits per heavy atom. The van der Waals surface area contributed by atoms with Gasteiger partial charge >= 0.3 is 7.82 Å². The fourth-order valence-electron chi connectivity index (χ4n) is 3.12. The monoisotopic (exact) mass is 438 g/mol. The Bertz CT molecular complexity index is 761. The Kier molecular flexibility index (Phi) is 12.0. The van der Waals surface area contributed by atoms with Crippen LogP contribution in [0.15, 0.2) is 42.5 Å². The molecule has 0 fully saturated rings. The van der Waals surface area contributed by atoms with Crippen molar-refractivity contribution in [2.24, 2.45) is 0 Å². The number of hydrogen-bond donors (Lipinski definition) is 1. The zero-order valence-corrected chi connectivity index (χ0v) is 18.9. The summed E-state index contributed by atoms with van der Waals surface area (Å²) in [6.45, 7) is 3.38. The summed E-state index contributed by atoms with van der Waals surface area (Å²) in [6, 6.07) is 14.0. The molecule has 168 valence electrons. The second-order valence-electron chi connectivity index (χ2n) is 7.19. The first-order chi connectivity index (χ1) is 14.6. The molecule has 0 heterocycles. The molecule has 6 nitrogen and oxygen atoms in total. The van der Waals surface area contributed by atoms with Gasteiger partial charge in [-0.05, 0) is 17.9 Å². The van der Waals surface area contributed by atoms with E-state index in [4.69, 9.17) is 18.5 Å². The maximum Gasteiger partial charge on any atom is 0.472 e. The van der Waals surface area contributed by atoms with Gasteiger partial charge in [-0.2, -0.15) is 0 Å². The van der Waals surface area contributed by atoms with Crippen molar-refractivity contribution < 1.29 is 28.0 Å².